The van der Waals surface area contributed by atoms with E-state index in [2.05, 4.69) is 26.2 Å². The smallest absolute Gasteiger partial charge is 0.137 e. The molecule has 1 aromatic heterocycles. The zero-order chi connectivity index (χ0) is 13.8. The van der Waals surface area contributed by atoms with E-state index in [1.807, 2.05) is 24.3 Å². The quantitative estimate of drug-likeness (QED) is 0.924. The minimum Gasteiger partial charge on any atom is -0.298 e. The number of nitrogens with one attached hydrogen (secondary N) is 1. The van der Waals surface area contributed by atoms with Crippen molar-refractivity contribution in [1.29, 1.82) is 5.26 Å². The molecule has 5 heteroatoms. The predicted octanol–water partition coefficient (Wildman–Crippen LogP) is 2.06. The summed E-state index contributed by atoms with van der Waals surface area (Å²) in [5, 5.41) is 16.1. The molecule has 0 radical (unpaired) electrons. The second-order valence-corrected chi connectivity index (χ2v) is 5.21. The molecule has 1 aliphatic heterocycles. The largest absolute Gasteiger partial charge is 0.298 e. The topological polar surface area (TPSA) is 68.6 Å². The Bertz CT molecular complexity index is 599. The first-order chi connectivity index (χ1) is 9.86. The number of nitriles is 1. The van der Waals surface area contributed by atoms with Gasteiger partial charge in [0.2, 0.25) is 0 Å². The molecule has 2 aromatic rings. The van der Waals surface area contributed by atoms with Crippen LogP contribution in [0, 0.1) is 11.3 Å². The third kappa shape index (κ3) is 2.70. The van der Waals surface area contributed by atoms with Crippen LogP contribution in [-0.4, -0.2) is 33.2 Å². The minimum atomic E-state index is 0.417. The Hall–Kier alpha value is -2.19. The highest BCUT2D eigenvalue weighted by atomic mass is 15.2. The molecule has 1 fully saturated rings. The number of hydrogen-bond donors (Lipinski definition) is 1. The van der Waals surface area contributed by atoms with E-state index in [9.17, 15) is 0 Å². The molecule has 3 rings (SSSR count). The average Bonchev–Trinajstić information content (AvgIpc) is 3.02. The van der Waals surface area contributed by atoms with Crippen molar-refractivity contribution in [1.82, 2.24) is 20.1 Å². The number of H-pyrrole nitrogens is 1. The summed E-state index contributed by atoms with van der Waals surface area (Å²) in [4.78, 5) is 6.67. The van der Waals surface area contributed by atoms with E-state index in [1.54, 1.807) is 6.33 Å². The maximum absolute atomic E-state index is 9.16. The summed E-state index contributed by atoms with van der Waals surface area (Å²) in [6.07, 6.45) is 3.87. The summed E-state index contributed by atoms with van der Waals surface area (Å²) in [5.41, 5.74) is 1.88. The first kappa shape index (κ1) is 12.8. The number of rotatable bonds is 3. The van der Waals surface area contributed by atoms with Gasteiger partial charge in [-0.1, -0.05) is 18.2 Å². The van der Waals surface area contributed by atoms with Crippen LogP contribution in [-0.2, 0) is 6.54 Å². The SMILES string of the molecule is N#Cc1ccccc1CN1CCC[C@@H](c2ncn[nH]2)C1. The van der Waals surface area contributed by atoms with Crippen molar-refractivity contribution >= 4 is 0 Å². The highest BCUT2D eigenvalue weighted by molar-refractivity contribution is 5.37. The van der Waals surface area contributed by atoms with Crippen LogP contribution in [0.15, 0.2) is 30.6 Å². The lowest BCUT2D eigenvalue weighted by Gasteiger charge is -2.31. The van der Waals surface area contributed by atoms with Gasteiger partial charge in [0.1, 0.15) is 12.2 Å². The Morgan fingerprint density at radius 2 is 2.30 bits per heavy atom. The molecular weight excluding hydrogens is 250 g/mol. The van der Waals surface area contributed by atoms with Crippen molar-refractivity contribution in [3.63, 3.8) is 0 Å². The second-order valence-electron chi connectivity index (χ2n) is 5.21. The van der Waals surface area contributed by atoms with Gasteiger partial charge in [-0.25, -0.2) is 4.98 Å². The number of likely N-dealkylation sites (tertiary alicyclic amines) is 1. The van der Waals surface area contributed by atoms with Gasteiger partial charge in [0.25, 0.3) is 0 Å². The van der Waals surface area contributed by atoms with Crippen molar-refractivity contribution in [2.75, 3.05) is 13.1 Å². The molecule has 0 aliphatic carbocycles. The summed E-state index contributed by atoms with van der Waals surface area (Å²) >= 11 is 0. The molecule has 1 saturated heterocycles. The Morgan fingerprint density at radius 1 is 1.40 bits per heavy atom. The predicted molar refractivity (Wildman–Crippen MR) is 74.8 cm³/mol. The fraction of sp³-hybridized carbons (Fsp3) is 0.400. The molecule has 0 spiro atoms. The maximum Gasteiger partial charge on any atom is 0.137 e. The first-order valence-corrected chi connectivity index (χ1v) is 6.92. The van der Waals surface area contributed by atoms with Gasteiger partial charge < -0.3 is 0 Å². The highest BCUT2D eigenvalue weighted by Crippen LogP contribution is 2.25. The second kappa shape index (κ2) is 5.85. The van der Waals surface area contributed by atoms with E-state index < -0.39 is 0 Å². The van der Waals surface area contributed by atoms with Crippen molar-refractivity contribution < 1.29 is 0 Å². The zero-order valence-electron chi connectivity index (χ0n) is 11.3. The number of hydrogen-bond acceptors (Lipinski definition) is 4. The van der Waals surface area contributed by atoms with Crippen LogP contribution >= 0.6 is 0 Å². The number of piperidine rings is 1. The van der Waals surface area contributed by atoms with Crippen LogP contribution in [0.5, 0.6) is 0 Å². The van der Waals surface area contributed by atoms with Crippen molar-refractivity contribution in [3.8, 4) is 6.07 Å². The van der Waals surface area contributed by atoms with Crippen LogP contribution < -0.4 is 0 Å². The monoisotopic (exact) mass is 267 g/mol. The van der Waals surface area contributed by atoms with Gasteiger partial charge in [0, 0.05) is 19.0 Å². The van der Waals surface area contributed by atoms with E-state index in [0.717, 1.165) is 49.4 Å². The molecule has 1 aliphatic rings. The molecule has 102 valence electrons. The Kier molecular flexibility index (Phi) is 3.75. The molecule has 0 unspecified atom stereocenters. The van der Waals surface area contributed by atoms with E-state index in [4.69, 9.17) is 5.26 Å². The average molecular weight is 267 g/mol. The number of aromatic nitrogens is 3. The summed E-state index contributed by atoms with van der Waals surface area (Å²) in [5.74, 6) is 1.39. The van der Waals surface area contributed by atoms with Gasteiger partial charge in [-0.05, 0) is 31.0 Å². The van der Waals surface area contributed by atoms with Crippen LogP contribution in [0.2, 0.25) is 0 Å². The van der Waals surface area contributed by atoms with E-state index in [1.165, 1.54) is 0 Å². The van der Waals surface area contributed by atoms with Gasteiger partial charge in [0.15, 0.2) is 0 Å². The van der Waals surface area contributed by atoms with Crippen LogP contribution in [0.1, 0.15) is 35.7 Å². The van der Waals surface area contributed by atoms with Gasteiger partial charge in [-0.2, -0.15) is 10.4 Å². The fourth-order valence-corrected chi connectivity index (χ4v) is 2.84. The van der Waals surface area contributed by atoms with Crippen LogP contribution in [0.4, 0.5) is 0 Å². The molecular formula is C15H17N5. The van der Waals surface area contributed by atoms with Crippen molar-refractivity contribution in [2.24, 2.45) is 0 Å². The lowest BCUT2D eigenvalue weighted by molar-refractivity contribution is 0.196. The van der Waals surface area contributed by atoms with Crippen molar-refractivity contribution in [3.05, 3.63) is 47.5 Å². The Labute approximate surface area is 118 Å². The fourth-order valence-electron chi connectivity index (χ4n) is 2.84. The van der Waals surface area contributed by atoms with Gasteiger partial charge in [-0.15, -0.1) is 0 Å². The molecule has 1 atom stereocenters. The molecule has 20 heavy (non-hydrogen) atoms. The van der Waals surface area contributed by atoms with E-state index >= 15 is 0 Å². The number of aromatic amines is 1. The Balaban J connectivity index is 1.70. The molecule has 1 aromatic carbocycles. The summed E-state index contributed by atoms with van der Waals surface area (Å²) in [7, 11) is 0. The van der Waals surface area contributed by atoms with E-state index in [0.29, 0.717) is 5.92 Å². The number of nitrogens with zero attached hydrogens (tertiary/aromatic N) is 4. The molecule has 0 bridgehead atoms. The maximum atomic E-state index is 9.16. The summed E-state index contributed by atoms with van der Waals surface area (Å²) in [6.45, 7) is 2.87. The molecule has 5 nitrogen and oxygen atoms in total. The van der Waals surface area contributed by atoms with Gasteiger partial charge in [0.05, 0.1) is 11.6 Å². The molecule has 0 saturated carbocycles. The van der Waals surface area contributed by atoms with E-state index in [-0.39, 0.29) is 0 Å². The standard InChI is InChI=1S/C15H17N5/c16-8-12-4-1-2-5-13(12)9-20-7-3-6-14(10-20)15-17-11-18-19-15/h1-2,4-5,11,14H,3,6-7,9-10H2,(H,17,18,19)/t14-/m1/s1. The normalized spacial score (nSPS) is 19.6. The third-order valence-electron chi connectivity index (χ3n) is 3.86. The minimum absolute atomic E-state index is 0.417. The third-order valence-corrected chi connectivity index (χ3v) is 3.86. The lowest BCUT2D eigenvalue weighted by atomic mass is 9.96. The highest BCUT2D eigenvalue weighted by Gasteiger charge is 2.23. The van der Waals surface area contributed by atoms with Gasteiger partial charge >= 0.3 is 0 Å². The van der Waals surface area contributed by atoms with Crippen LogP contribution in [0.3, 0.4) is 0 Å². The van der Waals surface area contributed by atoms with Crippen molar-refractivity contribution in [2.45, 2.75) is 25.3 Å². The Morgan fingerprint density at radius 3 is 3.10 bits per heavy atom. The summed E-state index contributed by atoms with van der Waals surface area (Å²) < 4.78 is 0. The van der Waals surface area contributed by atoms with Crippen LogP contribution in [0.25, 0.3) is 0 Å². The van der Waals surface area contributed by atoms with Gasteiger partial charge in [-0.3, -0.25) is 10.00 Å². The number of benzene rings is 1. The zero-order valence-corrected chi connectivity index (χ0v) is 11.3. The molecule has 1 N–H and O–H groups in total. The first-order valence-electron chi connectivity index (χ1n) is 6.92. The lowest BCUT2D eigenvalue weighted by Crippen LogP contribution is -2.34. The molecule has 2 heterocycles. The summed E-state index contributed by atoms with van der Waals surface area (Å²) in [6, 6.07) is 10.1. The molecule has 0 amide bonds.